The number of aliphatic hydroxyl groups is 1. The fourth-order valence-corrected chi connectivity index (χ4v) is 4.74. The zero-order valence-corrected chi connectivity index (χ0v) is 22.2. The van der Waals surface area contributed by atoms with Crippen LogP contribution in [-0.4, -0.2) is 46.7 Å². The average Bonchev–Trinajstić information content (AvgIpc) is 3.36. The number of nitrogens with zero attached hydrogens (tertiary/aromatic N) is 1. The minimum absolute atomic E-state index is 0.0783. The van der Waals surface area contributed by atoms with Crippen LogP contribution in [0.1, 0.15) is 44.1 Å². The van der Waals surface area contributed by atoms with Gasteiger partial charge < -0.3 is 19.6 Å². The number of aliphatic hydroxyl groups excluding tert-OH is 1. The van der Waals surface area contributed by atoms with Crippen molar-refractivity contribution in [3.8, 4) is 11.1 Å². The first-order chi connectivity index (χ1) is 18.1. The lowest BCUT2D eigenvalue weighted by Gasteiger charge is -2.22. The van der Waals surface area contributed by atoms with E-state index in [1.54, 1.807) is 6.92 Å². The zero-order chi connectivity index (χ0) is 27.7. The van der Waals surface area contributed by atoms with Gasteiger partial charge in [0.1, 0.15) is 19.0 Å². The number of H-pyrrole nitrogens is 1. The quantitative estimate of drug-likeness (QED) is 0.282. The minimum atomic E-state index is -0.635. The second kappa shape index (κ2) is 10.5. The molecule has 0 radical (unpaired) electrons. The van der Waals surface area contributed by atoms with Crippen molar-refractivity contribution in [1.29, 1.82) is 0 Å². The van der Waals surface area contributed by atoms with Gasteiger partial charge >= 0.3 is 11.9 Å². The van der Waals surface area contributed by atoms with Crippen LogP contribution in [0.2, 0.25) is 0 Å². The van der Waals surface area contributed by atoms with Crippen LogP contribution in [0, 0.1) is 13.8 Å². The Morgan fingerprint density at radius 3 is 2.32 bits per heavy atom. The molecule has 0 fully saturated rings. The van der Waals surface area contributed by atoms with Crippen LogP contribution in [0.15, 0.2) is 75.7 Å². The van der Waals surface area contributed by atoms with Crippen molar-refractivity contribution in [2.24, 2.45) is 4.99 Å². The minimum Gasteiger partial charge on any atom is -0.506 e. The lowest BCUT2D eigenvalue weighted by Crippen LogP contribution is -2.23. The van der Waals surface area contributed by atoms with Gasteiger partial charge in [0.15, 0.2) is 0 Å². The third kappa shape index (κ3) is 4.53. The summed E-state index contributed by atoms with van der Waals surface area (Å²) in [7, 11) is 0. The van der Waals surface area contributed by atoms with Crippen LogP contribution in [0.25, 0.3) is 16.7 Å². The summed E-state index contributed by atoms with van der Waals surface area (Å²) >= 11 is 0. The summed E-state index contributed by atoms with van der Waals surface area (Å²) in [6.45, 7) is 12.1. The average molecular weight is 515 g/mol. The van der Waals surface area contributed by atoms with E-state index in [2.05, 4.69) is 16.6 Å². The molecule has 0 amide bonds. The second-order valence-electron chi connectivity index (χ2n) is 9.23. The summed E-state index contributed by atoms with van der Waals surface area (Å²) in [5, 5.41) is 11.0. The van der Waals surface area contributed by atoms with E-state index in [0.717, 1.165) is 22.4 Å². The van der Waals surface area contributed by atoms with Crippen molar-refractivity contribution in [1.82, 2.24) is 4.98 Å². The third-order valence-corrected chi connectivity index (χ3v) is 6.62. The predicted molar refractivity (Wildman–Crippen MR) is 144 cm³/mol. The Balaban J connectivity index is 1.63. The van der Waals surface area contributed by atoms with Gasteiger partial charge in [-0.25, -0.2) is 9.59 Å². The molecule has 8 nitrogen and oxygen atoms in total. The topological polar surface area (TPSA) is 118 Å². The summed E-state index contributed by atoms with van der Waals surface area (Å²) in [4.78, 5) is 45.5. The number of rotatable bonds is 8. The standard InChI is InChI=1S/C30H30N2O6/c1-7-20-22(30(36)38-14-13-37-29(35)15(2)3)17(5)26(32-20)24-27(33)23(28(24)34)25-16(4)21(18(6)31-25)19-11-9-8-10-12-19/h8-12,31,33H,2,7,13-14H2,1,3-6H3/b26-24+. The molecule has 2 aromatic rings. The maximum atomic E-state index is 13.4. The van der Waals surface area contributed by atoms with E-state index in [4.69, 9.17) is 9.47 Å². The summed E-state index contributed by atoms with van der Waals surface area (Å²) in [5.41, 5.74) is 6.26. The molecule has 0 spiro atoms. The maximum Gasteiger partial charge on any atom is 0.340 e. The largest absolute Gasteiger partial charge is 0.506 e. The molecular weight excluding hydrogens is 484 g/mol. The molecule has 4 rings (SSSR count). The predicted octanol–water partition coefficient (Wildman–Crippen LogP) is 5.25. The number of ketones is 1. The molecule has 2 N–H and O–H groups in total. The van der Waals surface area contributed by atoms with Crippen molar-refractivity contribution < 1.29 is 29.0 Å². The number of carbonyl (C=O) groups excluding carboxylic acids is 3. The summed E-state index contributed by atoms with van der Waals surface area (Å²) < 4.78 is 10.2. The van der Waals surface area contributed by atoms with Crippen molar-refractivity contribution >= 4 is 29.0 Å². The number of Topliss-reactive ketones (excluding diaryl/α,β-unsaturated/α-hetero) is 1. The highest BCUT2D eigenvalue weighted by Gasteiger charge is 2.42. The van der Waals surface area contributed by atoms with Crippen LogP contribution in [0.4, 0.5) is 0 Å². The highest BCUT2D eigenvalue weighted by atomic mass is 16.6. The van der Waals surface area contributed by atoms with E-state index in [1.807, 2.05) is 51.1 Å². The number of hydrogen-bond acceptors (Lipinski definition) is 7. The normalized spacial score (nSPS) is 17.0. The van der Waals surface area contributed by atoms with Crippen LogP contribution in [-0.2, 0) is 23.9 Å². The third-order valence-electron chi connectivity index (χ3n) is 6.62. The van der Waals surface area contributed by atoms with Gasteiger partial charge in [0.2, 0.25) is 5.78 Å². The lowest BCUT2D eigenvalue weighted by molar-refractivity contribution is -0.147. The van der Waals surface area contributed by atoms with Crippen molar-refractivity contribution in [2.45, 2.75) is 41.0 Å². The fraction of sp³-hybridized carbons (Fsp3) is 0.267. The van der Waals surface area contributed by atoms with E-state index < -0.39 is 11.9 Å². The molecule has 2 heterocycles. The van der Waals surface area contributed by atoms with Crippen molar-refractivity contribution in [2.75, 3.05) is 13.2 Å². The lowest BCUT2D eigenvalue weighted by atomic mass is 9.82. The van der Waals surface area contributed by atoms with E-state index in [-0.39, 0.29) is 52.7 Å². The van der Waals surface area contributed by atoms with Gasteiger partial charge in [-0.15, -0.1) is 0 Å². The van der Waals surface area contributed by atoms with Gasteiger partial charge in [-0.3, -0.25) is 9.79 Å². The second-order valence-corrected chi connectivity index (χ2v) is 9.23. The van der Waals surface area contributed by atoms with Crippen LogP contribution < -0.4 is 0 Å². The number of aromatic nitrogens is 1. The molecule has 8 heteroatoms. The molecular formula is C30H30N2O6. The molecule has 1 aromatic heterocycles. The molecule has 2 aliphatic rings. The molecule has 0 atom stereocenters. The maximum absolute atomic E-state index is 13.4. The van der Waals surface area contributed by atoms with E-state index in [0.29, 0.717) is 23.4 Å². The number of carbonyl (C=O) groups is 3. The monoisotopic (exact) mass is 514 g/mol. The van der Waals surface area contributed by atoms with Crippen molar-refractivity contribution in [3.05, 3.63) is 87.6 Å². The number of esters is 2. The number of aliphatic imine (C=N–C) groups is 1. The SMILES string of the molecule is C=C(C)C(=O)OCCOC(=O)C1=C(C)/C(=C2\C(=O)C(c3[nH]c(C)c(-c4ccccc4)c3C)=C2O)N=C1CC. The van der Waals surface area contributed by atoms with E-state index in [1.165, 1.54) is 6.92 Å². The zero-order valence-electron chi connectivity index (χ0n) is 22.2. The summed E-state index contributed by atoms with van der Waals surface area (Å²) in [6.07, 6.45) is 0.421. The molecule has 0 unspecified atom stereocenters. The molecule has 38 heavy (non-hydrogen) atoms. The number of benzene rings is 1. The molecule has 1 aliphatic carbocycles. The molecule has 0 bridgehead atoms. The Hall–Kier alpha value is -4.46. The Kier molecular flexibility index (Phi) is 7.35. The van der Waals surface area contributed by atoms with Crippen LogP contribution in [0.5, 0.6) is 0 Å². The Labute approximate surface area is 221 Å². The first kappa shape index (κ1) is 26.6. The van der Waals surface area contributed by atoms with Gasteiger partial charge in [0, 0.05) is 16.8 Å². The molecule has 196 valence electrons. The number of allylic oxidation sites excluding steroid dienone is 3. The Bertz CT molecular complexity index is 1500. The number of nitrogens with one attached hydrogen (secondary N) is 1. The first-order valence-corrected chi connectivity index (χ1v) is 12.3. The van der Waals surface area contributed by atoms with Gasteiger partial charge in [-0.2, -0.15) is 0 Å². The number of hydrogen-bond donors (Lipinski definition) is 2. The van der Waals surface area contributed by atoms with Crippen molar-refractivity contribution in [3.63, 3.8) is 0 Å². The smallest absolute Gasteiger partial charge is 0.340 e. The van der Waals surface area contributed by atoms with Gasteiger partial charge in [-0.05, 0) is 50.8 Å². The molecule has 1 aromatic carbocycles. The summed E-state index contributed by atoms with van der Waals surface area (Å²) in [6, 6.07) is 9.83. The van der Waals surface area contributed by atoms with E-state index >= 15 is 0 Å². The highest BCUT2D eigenvalue weighted by molar-refractivity contribution is 6.40. The number of ether oxygens (including phenoxy) is 2. The molecule has 1 aliphatic heterocycles. The summed E-state index contributed by atoms with van der Waals surface area (Å²) in [5.74, 6) is -1.70. The first-order valence-electron chi connectivity index (χ1n) is 12.3. The van der Waals surface area contributed by atoms with E-state index in [9.17, 15) is 19.5 Å². The Morgan fingerprint density at radius 2 is 1.71 bits per heavy atom. The van der Waals surface area contributed by atoms with Crippen LogP contribution >= 0.6 is 0 Å². The number of aryl methyl sites for hydroxylation is 1. The van der Waals surface area contributed by atoms with Gasteiger partial charge in [0.05, 0.1) is 33.8 Å². The van der Waals surface area contributed by atoms with Gasteiger partial charge in [0.25, 0.3) is 0 Å². The fourth-order valence-electron chi connectivity index (χ4n) is 4.74. The van der Waals surface area contributed by atoms with Gasteiger partial charge in [-0.1, -0.05) is 43.8 Å². The molecule has 0 saturated carbocycles. The number of aromatic amines is 1. The Morgan fingerprint density at radius 1 is 1.05 bits per heavy atom. The van der Waals surface area contributed by atoms with Crippen LogP contribution in [0.3, 0.4) is 0 Å². The molecule has 0 saturated heterocycles. The highest BCUT2D eigenvalue weighted by Crippen LogP contribution is 2.44.